The number of carbonyl (C=O) groups excluding carboxylic acids is 2. The molecule has 1 N–H and O–H groups in total. The second kappa shape index (κ2) is 4.78. The van der Waals surface area contributed by atoms with Crippen LogP contribution >= 0.6 is 0 Å². The molecule has 0 aromatic rings. The predicted octanol–water partition coefficient (Wildman–Crippen LogP) is -0.314. The van der Waals surface area contributed by atoms with E-state index in [0.29, 0.717) is 0 Å². The average Bonchev–Trinajstić information content (AvgIpc) is 1.85. The van der Waals surface area contributed by atoms with Gasteiger partial charge in [-0.2, -0.15) is 0 Å². The molecule has 0 spiro atoms. The summed E-state index contributed by atoms with van der Waals surface area (Å²) in [6, 6.07) is 0. The van der Waals surface area contributed by atoms with Gasteiger partial charge in [0.05, 0.1) is 9.35 Å². The van der Waals surface area contributed by atoms with Crippen LogP contribution in [0.3, 0.4) is 0 Å². The molecule has 10 heavy (non-hydrogen) atoms. The van der Waals surface area contributed by atoms with E-state index in [-0.39, 0.29) is 6.61 Å². The fourth-order valence-electron chi connectivity index (χ4n) is 0.306. The molecule has 0 aliphatic carbocycles. The first-order valence-electron chi connectivity index (χ1n) is 3.86. The maximum atomic E-state index is 10.8. The van der Waals surface area contributed by atoms with Gasteiger partial charge in [0.2, 0.25) is 5.91 Å². The van der Waals surface area contributed by atoms with Crippen molar-refractivity contribution in [3.05, 3.63) is 0 Å². The van der Waals surface area contributed by atoms with Crippen LogP contribution in [0, 0.1) is 0 Å². The van der Waals surface area contributed by atoms with Crippen molar-refractivity contribution >= 4 is 11.9 Å². The van der Waals surface area contributed by atoms with E-state index in [1.807, 2.05) is 5.32 Å². The van der Waals surface area contributed by atoms with Crippen LogP contribution < -0.4 is 5.32 Å². The second-order valence-corrected chi connectivity index (χ2v) is 1.53. The lowest BCUT2D eigenvalue weighted by molar-refractivity contribution is -0.143. The van der Waals surface area contributed by atoms with Crippen molar-refractivity contribution in [2.45, 2.75) is 13.8 Å². The number of hydrogen-bond donors (Lipinski definition) is 1. The van der Waals surface area contributed by atoms with Gasteiger partial charge in [-0.1, -0.05) is 0 Å². The van der Waals surface area contributed by atoms with E-state index in [4.69, 9.17) is 2.74 Å². The van der Waals surface area contributed by atoms with Crippen LogP contribution in [-0.2, 0) is 14.3 Å². The maximum absolute atomic E-state index is 10.8. The summed E-state index contributed by atoms with van der Waals surface area (Å²) >= 11 is 0. The molecule has 0 heterocycles. The van der Waals surface area contributed by atoms with Crippen molar-refractivity contribution in [3.63, 3.8) is 0 Å². The molecule has 0 atom stereocenters. The minimum absolute atomic E-state index is 0.0813. The van der Waals surface area contributed by atoms with Crippen molar-refractivity contribution in [1.29, 1.82) is 0 Å². The zero-order chi connectivity index (χ0) is 9.78. The molecule has 0 unspecified atom stereocenters. The van der Waals surface area contributed by atoms with Gasteiger partial charge in [0.15, 0.2) is 0 Å². The van der Waals surface area contributed by atoms with Crippen LogP contribution in [0.15, 0.2) is 0 Å². The molecule has 0 radical (unpaired) electrons. The Kier molecular flexibility index (Phi) is 2.73. The fourth-order valence-corrected chi connectivity index (χ4v) is 0.306. The standard InChI is InChI=1S/C6H11NO3/c1-3-10-6(9)4-7-5(2)8/h3-4H2,1-2H3,(H,7,8)/i4D2. The molecule has 1 amide bonds. The number of hydrogen-bond acceptors (Lipinski definition) is 3. The monoisotopic (exact) mass is 147 g/mol. The molecule has 4 nitrogen and oxygen atoms in total. The maximum Gasteiger partial charge on any atom is 0.325 e. The number of ether oxygens (including phenoxy) is 1. The highest BCUT2D eigenvalue weighted by molar-refractivity contribution is 5.80. The summed E-state index contributed by atoms with van der Waals surface area (Å²) in [6.45, 7) is 0.332. The molecule has 0 aliphatic heterocycles. The topological polar surface area (TPSA) is 55.4 Å². The van der Waals surface area contributed by atoms with Gasteiger partial charge in [-0.25, -0.2) is 0 Å². The summed E-state index contributed by atoms with van der Waals surface area (Å²) in [5, 5.41) is 1.82. The Morgan fingerprint density at radius 2 is 2.30 bits per heavy atom. The largest absolute Gasteiger partial charge is 0.465 e. The van der Waals surface area contributed by atoms with Crippen LogP contribution in [0.5, 0.6) is 0 Å². The van der Waals surface area contributed by atoms with Crippen LogP contribution in [0.4, 0.5) is 0 Å². The summed E-state index contributed by atoms with van der Waals surface area (Å²) < 4.78 is 18.4. The lowest BCUT2D eigenvalue weighted by atomic mass is 10.6. The minimum atomic E-state index is -2.43. The first kappa shape index (κ1) is 5.70. The third kappa shape index (κ3) is 5.08. The average molecular weight is 147 g/mol. The summed E-state index contributed by atoms with van der Waals surface area (Å²) in [5.41, 5.74) is 0. The molecule has 0 aromatic heterocycles. The second-order valence-electron chi connectivity index (χ2n) is 1.53. The molecular formula is C6H11NO3. The smallest absolute Gasteiger partial charge is 0.325 e. The Hall–Kier alpha value is -1.06. The first-order valence-corrected chi connectivity index (χ1v) is 2.86. The van der Waals surface area contributed by atoms with E-state index in [1.165, 1.54) is 0 Å². The molecule has 0 saturated carbocycles. The fraction of sp³-hybridized carbons (Fsp3) is 0.667. The van der Waals surface area contributed by atoms with Crippen LogP contribution in [0.25, 0.3) is 0 Å². The first-order chi connectivity index (χ1) is 5.40. The van der Waals surface area contributed by atoms with Gasteiger partial charge in [0, 0.05) is 6.92 Å². The van der Waals surface area contributed by atoms with Gasteiger partial charge in [-0.3, -0.25) is 9.59 Å². The summed E-state index contributed by atoms with van der Waals surface area (Å²) in [6.07, 6.45) is 0. The van der Waals surface area contributed by atoms with E-state index in [0.717, 1.165) is 6.92 Å². The molecule has 4 heteroatoms. The molecule has 0 bridgehead atoms. The number of nitrogens with one attached hydrogen (secondary N) is 1. The highest BCUT2D eigenvalue weighted by Crippen LogP contribution is 1.74. The van der Waals surface area contributed by atoms with Crippen molar-refractivity contribution in [1.82, 2.24) is 5.32 Å². The molecular weight excluding hydrogens is 134 g/mol. The molecule has 0 aromatic carbocycles. The lowest BCUT2D eigenvalue weighted by Gasteiger charge is -2.00. The zero-order valence-electron chi connectivity index (χ0n) is 7.93. The van der Waals surface area contributed by atoms with E-state index in [1.54, 1.807) is 6.92 Å². The minimum Gasteiger partial charge on any atom is -0.465 e. The zero-order valence-corrected chi connectivity index (χ0v) is 5.93. The van der Waals surface area contributed by atoms with Gasteiger partial charge in [0.25, 0.3) is 0 Å². The van der Waals surface area contributed by atoms with Crippen molar-refractivity contribution in [2.24, 2.45) is 0 Å². The van der Waals surface area contributed by atoms with Gasteiger partial charge < -0.3 is 10.1 Å². The van der Waals surface area contributed by atoms with Crippen molar-refractivity contribution in [2.75, 3.05) is 13.1 Å². The molecule has 0 aliphatic rings. The lowest BCUT2D eigenvalue weighted by Crippen LogP contribution is -2.28. The van der Waals surface area contributed by atoms with E-state index in [9.17, 15) is 9.59 Å². The quantitative estimate of drug-likeness (QED) is 0.557. The Labute approximate surface area is 62.4 Å². The number of amides is 1. The SMILES string of the molecule is [2H]C([2H])(NC(C)=O)C(=O)OCC. The number of esters is 1. The third-order valence-electron chi connectivity index (χ3n) is 0.616. The Bertz CT molecular complexity index is 193. The Morgan fingerprint density at radius 1 is 1.70 bits per heavy atom. The molecule has 0 fully saturated rings. The Morgan fingerprint density at radius 3 is 2.70 bits per heavy atom. The van der Waals surface area contributed by atoms with Gasteiger partial charge >= 0.3 is 5.97 Å². The van der Waals surface area contributed by atoms with E-state index in [2.05, 4.69) is 4.74 Å². The normalized spacial score (nSPS) is 13.0. The summed E-state index contributed by atoms with van der Waals surface area (Å²) in [4.78, 5) is 21.2. The number of rotatable bonds is 3. The van der Waals surface area contributed by atoms with Gasteiger partial charge in [-0.05, 0) is 6.92 Å². The highest BCUT2D eigenvalue weighted by Gasteiger charge is 2.00. The molecule has 58 valence electrons. The number of carbonyl (C=O) groups is 2. The molecule has 0 rings (SSSR count). The summed E-state index contributed by atoms with van der Waals surface area (Å²) in [7, 11) is 0. The van der Waals surface area contributed by atoms with Crippen LogP contribution in [-0.4, -0.2) is 25.0 Å². The summed E-state index contributed by atoms with van der Waals surface area (Å²) in [5.74, 6) is -1.70. The van der Waals surface area contributed by atoms with Gasteiger partial charge in [0.1, 0.15) is 6.50 Å². The van der Waals surface area contributed by atoms with Crippen LogP contribution in [0.2, 0.25) is 0 Å². The van der Waals surface area contributed by atoms with Crippen LogP contribution in [0.1, 0.15) is 16.6 Å². The van der Waals surface area contributed by atoms with E-state index < -0.39 is 18.4 Å². The van der Waals surface area contributed by atoms with E-state index >= 15 is 0 Å². The highest BCUT2D eigenvalue weighted by atomic mass is 16.5. The third-order valence-corrected chi connectivity index (χ3v) is 0.616. The molecule has 0 saturated heterocycles. The van der Waals surface area contributed by atoms with Crippen molar-refractivity contribution < 1.29 is 17.1 Å². The van der Waals surface area contributed by atoms with Gasteiger partial charge in [-0.15, -0.1) is 0 Å². The predicted molar refractivity (Wildman–Crippen MR) is 35.3 cm³/mol. The van der Waals surface area contributed by atoms with Crippen molar-refractivity contribution in [3.8, 4) is 0 Å². The Balaban J connectivity index is 4.18.